The lowest BCUT2D eigenvalue weighted by Crippen LogP contribution is -2.18. The number of pyridine rings is 1. The van der Waals surface area contributed by atoms with Crippen molar-refractivity contribution in [3.63, 3.8) is 0 Å². The molecular formula is C15H20BrN3S. The molecule has 0 atom stereocenters. The quantitative estimate of drug-likeness (QED) is 0.886. The summed E-state index contributed by atoms with van der Waals surface area (Å²) in [5.41, 5.74) is 2.13. The maximum absolute atomic E-state index is 4.85. The van der Waals surface area contributed by atoms with E-state index in [-0.39, 0.29) is 5.41 Å². The topological polar surface area (TPSA) is 37.8 Å². The van der Waals surface area contributed by atoms with Gasteiger partial charge in [-0.2, -0.15) is 0 Å². The highest BCUT2D eigenvalue weighted by Crippen LogP contribution is 2.36. The number of halogens is 1. The molecular weight excluding hydrogens is 334 g/mol. The maximum Gasteiger partial charge on any atom is 0.143 e. The molecule has 1 N–H and O–H groups in total. The number of thiazole rings is 1. The van der Waals surface area contributed by atoms with Crippen LogP contribution in [0.5, 0.6) is 0 Å². The first-order chi connectivity index (χ1) is 9.43. The van der Waals surface area contributed by atoms with Gasteiger partial charge in [0.25, 0.3) is 0 Å². The fourth-order valence-electron chi connectivity index (χ4n) is 1.94. The van der Waals surface area contributed by atoms with Gasteiger partial charge >= 0.3 is 0 Å². The van der Waals surface area contributed by atoms with Crippen molar-refractivity contribution in [3.05, 3.63) is 33.4 Å². The molecule has 2 heterocycles. The van der Waals surface area contributed by atoms with E-state index in [1.807, 2.05) is 18.3 Å². The Balaban J connectivity index is 2.46. The Bertz CT molecular complexity index is 587. The summed E-state index contributed by atoms with van der Waals surface area (Å²) in [5, 5.41) is 4.38. The molecule has 0 aliphatic rings. The molecule has 0 saturated carbocycles. The van der Waals surface area contributed by atoms with Crippen LogP contribution in [-0.2, 0) is 12.0 Å². The van der Waals surface area contributed by atoms with Crippen LogP contribution in [0.15, 0.2) is 22.8 Å². The third-order valence-corrected chi connectivity index (χ3v) is 4.61. The Kier molecular flexibility index (Phi) is 4.94. The first-order valence-corrected chi connectivity index (χ1v) is 8.36. The summed E-state index contributed by atoms with van der Waals surface area (Å²) in [6.45, 7) is 10.6. The number of rotatable bonds is 4. The summed E-state index contributed by atoms with van der Waals surface area (Å²) >= 11 is 5.29. The fraction of sp³-hybridized carbons (Fsp3) is 0.467. The molecule has 2 aromatic heterocycles. The number of nitrogens with zero attached hydrogens (tertiary/aromatic N) is 2. The zero-order chi connectivity index (χ0) is 14.8. The van der Waals surface area contributed by atoms with Gasteiger partial charge in [-0.1, -0.05) is 27.7 Å². The predicted molar refractivity (Wildman–Crippen MR) is 89.1 cm³/mol. The number of aromatic nitrogens is 2. The molecule has 0 aliphatic heterocycles. The number of hydrogen-bond acceptors (Lipinski definition) is 4. The SMILES string of the molecule is CCNCc1sc(-c2ncccc2Br)nc1C(C)(C)C. The molecule has 0 fully saturated rings. The third-order valence-electron chi connectivity index (χ3n) is 2.90. The first kappa shape index (κ1) is 15.6. The van der Waals surface area contributed by atoms with Crippen molar-refractivity contribution in [1.82, 2.24) is 15.3 Å². The van der Waals surface area contributed by atoms with Crippen molar-refractivity contribution >= 4 is 27.3 Å². The minimum Gasteiger partial charge on any atom is -0.312 e. The summed E-state index contributed by atoms with van der Waals surface area (Å²) < 4.78 is 0.990. The van der Waals surface area contributed by atoms with Gasteiger partial charge in [-0.15, -0.1) is 11.3 Å². The normalized spacial score (nSPS) is 11.8. The molecule has 108 valence electrons. The standard InChI is InChI=1S/C15H20BrN3S/c1-5-17-9-11-13(15(2,3)4)19-14(20-11)12-10(16)7-6-8-18-12/h6-8,17H,5,9H2,1-4H3. The summed E-state index contributed by atoms with van der Waals surface area (Å²) in [7, 11) is 0. The molecule has 0 bridgehead atoms. The molecule has 0 spiro atoms. The molecule has 2 aromatic rings. The molecule has 0 aromatic carbocycles. The molecule has 0 aliphatic carbocycles. The lowest BCUT2D eigenvalue weighted by atomic mass is 9.91. The smallest absolute Gasteiger partial charge is 0.143 e. The van der Waals surface area contributed by atoms with Crippen LogP contribution in [0.2, 0.25) is 0 Å². The van der Waals surface area contributed by atoms with Crippen LogP contribution < -0.4 is 5.32 Å². The van der Waals surface area contributed by atoms with Gasteiger partial charge in [-0.05, 0) is 34.6 Å². The number of nitrogens with one attached hydrogen (secondary N) is 1. The van der Waals surface area contributed by atoms with Crippen LogP contribution in [0.3, 0.4) is 0 Å². The van der Waals surface area contributed by atoms with E-state index in [0.29, 0.717) is 0 Å². The van der Waals surface area contributed by atoms with Crippen molar-refractivity contribution in [2.45, 2.75) is 39.7 Å². The Morgan fingerprint density at radius 2 is 2.10 bits per heavy atom. The molecule has 2 rings (SSSR count). The summed E-state index contributed by atoms with van der Waals surface area (Å²) in [6, 6.07) is 3.93. The van der Waals surface area contributed by atoms with Gasteiger partial charge in [0.2, 0.25) is 0 Å². The average Bonchev–Trinajstić information content (AvgIpc) is 2.80. The minimum atomic E-state index is 0.0424. The molecule has 3 nitrogen and oxygen atoms in total. The maximum atomic E-state index is 4.85. The third kappa shape index (κ3) is 3.45. The van der Waals surface area contributed by atoms with Crippen LogP contribution in [0.1, 0.15) is 38.3 Å². The van der Waals surface area contributed by atoms with E-state index in [1.165, 1.54) is 4.88 Å². The second-order valence-corrected chi connectivity index (χ2v) is 7.59. The van der Waals surface area contributed by atoms with Crippen molar-refractivity contribution in [3.8, 4) is 10.7 Å². The van der Waals surface area contributed by atoms with E-state index in [9.17, 15) is 0 Å². The lowest BCUT2D eigenvalue weighted by Gasteiger charge is -2.17. The van der Waals surface area contributed by atoms with Gasteiger partial charge in [0.15, 0.2) is 0 Å². The van der Waals surface area contributed by atoms with E-state index in [4.69, 9.17) is 4.98 Å². The monoisotopic (exact) mass is 353 g/mol. The Morgan fingerprint density at radius 1 is 1.35 bits per heavy atom. The molecule has 0 radical (unpaired) electrons. The largest absolute Gasteiger partial charge is 0.312 e. The second-order valence-electron chi connectivity index (χ2n) is 5.65. The van der Waals surface area contributed by atoms with E-state index < -0.39 is 0 Å². The van der Waals surface area contributed by atoms with Gasteiger partial charge in [-0.25, -0.2) is 4.98 Å². The Hall–Kier alpha value is -0.780. The van der Waals surface area contributed by atoms with Crippen LogP contribution >= 0.6 is 27.3 Å². The highest BCUT2D eigenvalue weighted by molar-refractivity contribution is 9.10. The molecule has 0 amide bonds. The van der Waals surface area contributed by atoms with Gasteiger partial charge in [-0.3, -0.25) is 4.98 Å². The van der Waals surface area contributed by atoms with E-state index >= 15 is 0 Å². The van der Waals surface area contributed by atoms with Crippen molar-refractivity contribution < 1.29 is 0 Å². The molecule has 0 unspecified atom stereocenters. The molecule has 5 heteroatoms. The van der Waals surface area contributed by atoms with Crippen LogP contribution in [-0.4, -0.2) is 16.5 Å². The second kappa shape index (κ2) is 6.33. The lowest BCUT2D eigenvalue weighted by molar-refractivity contribution is 0.561. The highest BCUT2D eigenvalue weighted by Gasteiger charge is 2.24. The zero-order valence-electron chi connectivity index (χ0n) is 12.3. The van der Waals surface area contributed by atoms with Crippen molar-refractivity contribution in [2.75, 3.05) is 6.54 Å². The molecule has 0 saturated heterocycles. The number of hydrogen-bond donors (Lipinski definition) is 1. The van der Waals surface area contributed by atoms with Gasteiger partial charge in [0.05, 0.1) is 5.69 Å². The van der Waals surface area contributed by atoms with Gasteiger partial charge in [0.1, 0.15) is 10.7 Å². The Labute approximate surface area is 133 Å². The van der Waals surface area contributed by atoms with E-state index in [0.717, 1.165) is 34.0 Å². The first-order valence-electron chi connectivity index (χ1n) is 6.75. The van der Waals surface area contributed by atoms with Gasteiger partial charge < -0.3 is 5.32 Å². The Morgan fingerprint density at radius 3 is 2.70 bits per heavy atom. The summed E-state index contributed by atoms with van der Waals surface area (Å²) in [4.78, 5) is 10.6. The zero-order valence-corrected chi connectivity index (χ0v) is 14.7. The van der Waals surface area contributed by atoms with Crippen molar-refractivity contribution in [1.29, 1.82) is 0 Å². The summed E-state index contributed by atoms with van der Waals surface area (Å²) in [6.07, 6.45) is 1.81. The molecule has 20 heavy (non-hydrogen) atoms. The van der Waals surface area contributed by atoms with E-state index in [1.54, 1.807) is 11.3 Å². The highest BCUT2D eigenvalue weighted by atomic mass is 79.9. The van der Waals surface area contributed by atoms with Gasteiger partial charge in [0, 0.05) is 27.5 Å². The van der Waals surface area contributed by atoms with Crippen LogP contribution in [0, 0.1) is 0 Å². The van der Waals surface area contributed by atoms with E-state index in [2.05, 4.69) is 53.9 Å². The minimum absolute atomic E-state index is 0.0424. The average molecular weight is 354 g/mol. The van der Waals surface area contributed by atoms with Crippen molar-refractivity contribution in [2.24, 2.45) is 0 Å². The fourth-order valence-corrected chi connectivity index (χ4v) is 3.77. The van der Waals surface area contributed by atoms with Crippen LogP contribution in [0.25, 0.3) is 10.7 Å². The van der Waals surface area contributed by atoms with Crippen LogP contribution in [0.4, 0.5) is 0 Å². The summed E-state index contributed by atoms with van der Waals surface area (Å²) in [5.74, 6) is 0. The predicted octanol–water partition coefficient (Wildman–Crippen LogP) is 4.37.